The van der Waals surface area contributed by atoms with E-state index in [-0.39, 0.29) is 5.56 Å². The van der Waals surface area contributed by atoms with E-state index >= 15 is 0 Å². The van der Waals surface area contributed by atoms with Gasteiger partial charge >= 0.3 is 5.97 Å². The molecule has 0 unspecified atom stereocenters. The second-order valence-electron chi connectivity index (χ2n) is 4.01. The third kappa shape index (κ3) is 1.86. The molecule has 0 saturated heterocycles. The molecule has 0 heterocycles. The third-order valence-electron chi connectivity index (χ3n) is 2.86. The summed E-state index contributed by atoms with van der Waals surface area (Å²) in [6, 6.07) is 7.19. The Morgan fingerprint density at radius 2 is 1.83 bits per heavy atom. The Hall–Kier alpha value is -2.23. The third-order valence-corrected chi connectivity index (χ3v) is 2.86. The van der Waals surface area contributed by atoms with Crippen molar-refractivity contribution in [2.45, 2.75) is 6.92 Å². The first-order valence-corrected chi connectivity index (χ1v) is 5.47. The lowest BCUT2D eigenvalue weighted by molar-refractivity contribution is 0.0693. The summed E-state index contributed by atoms with van der Waals surface area (Å²) in [6.07, 6.45) is 0. The zero-order valence-electron chi connectivity index (χ0n) is 10.5. The van der Waals surface area contributed by atoms with Crippen LogP contribution < -0.4 is 9.47 Å². The van der Waals surface area contributed by atoms with Gasteiger partial charge in [-0.05, 0) is 19.1 Å². The maximum Gasteiger partial charge on any atom is 0.339 e. The van der Waals surface area contributed by atoms with E-state index in [9.17, 15) is 9.90 Å². The van der Waals surface area contributed by atoms with Gasteiger partial charge < -0.3 is 14.6 Å². The Morgan fingerprint density at radius 1 is 1.11 bits per heavy atom. The summed E-state index contributed by atoms with van der Waals surface area (Å²) in [7, 11) is 2.99. The van der Waals surface area contributed by atoms with Crippen molar-refractivity contribution in [1.29, 1.82) is 0 Å². The van der Waals surface area contributed by atoms with Crippen molar-refractivity contribution >= 4 is 16.7 Å². The molecule has 1 N–H and O–H groups in total. The summed E-state index contributed by atoms with van der Waals surface area (Å²) in [5.41, 5.74) is 1.18. The van der Waals surface area contributed by atoms with E-state index in [1.54, 1.807) is 0 Å². The number of hydrogen-bond donors (Lipinski definition) is 1. The standard InChI is InChI=1S/C14H14O4/c1-8-4-5-9-10(6-8)12(17-2)7-11(14(15)16)13(9)18-3/h4-7H,1-3H3,(H,15,16). The molecule has 0 aromatic heterocycles. The minimum absolute atomic E-state index is 0.103. The van der Waals surface area contributed by atoms with Crippen molar-refractivity contribution in [1.82, 2.24) is 0 Å². The Bertz CT molecular complexity index is 617. The molecule has 0 fully saturated rings. The molecular weight excluding hydrogens is 232 g/mol. The van der Waals surface area contributed by atoms with Crippen LogP contribution in [0.2, 0.25) is 0 Å². The van der Waals surface area contributed by atoms with Gasteiger partial charge in [-0.25, -0.2) is 4.79 Å². The predicted molar refractivity (Wildman–Crippen MR) is 68.7 cm³/mol. The van der Waals surface area contributed by atoms with Crippen LogP contribution in [0, 0.1) is 6.92 Å². The lowest BCUT2D eigenvalue weighted by Crippen LogP contribution is -2.02. The summed E-state index contributed by atoms with van der Waals surface area (Å²) in [4.78, 5) is 11.2. The van der Waals surface area contributed by atoms with Crippen molar-refractivity contribution in [2.24, 2.45) is 0 Å². The lowest BCUT2D eigenvalue weighted by atomic mass is 10.0. The van der Waals surface area contributed by atoms with Gasteiger partial charge in [-0.1, -0.05) is 17.7 Å². The minimum atomic E-state index is -1.03. The maximum atomic E-state index is 11.2. The molecule has 0 aliphatic carbocycles. The SMILES string of the molecule is COc1cc(C(=O)O)c(OC)c2ccc(C)cc12. The quantitative estimate of drug-likeness (QED) is 0.904. The van der Waals surface area contributed by atoms with Crippen LogP contribution in [-0.2, 0) is 0 Å². The summed E-state index contributed by atoms with van der Waals surface area (Å²) in [5, 5.41) is 10.8. The van der Waals surface area contributed by atoms with Gasteiger partial charge in [-0.2, -0.15) is 0 Å². The number of carboxylic acid groups (broad SMARTS) is 1. The highest BCUT2D eigenvalue weighted by atomic mass is 16.5. The van der Waals surface area contributed by atoms with Crippen LogP contribution in [0.5, 0.6) is 11.5 Å². The smallest absolute Gasteiger partial charge is 0.339 e. The second-order valence-corrected chi connectivity index (χ2v) is 4.01. The van der Waals surface area contributed by atoms with Gasteiger partial charge in [-0.15, -0.1) is 0 Å². The van der Waals surface area contributed by atoms with Crippen molar-refractivity contribution in [3.63, 3.8) is 0 Å². The molecule has 2 aromatic rings. The number of carboxylic acids is 1. The molecule has 0 spiro atoms. The van der Waals surface area contributed by atoms with E-state index in [0.29, 0.717) is 11.5 Å². The highest BCUT2D eigenvalue weighted by molar-refractivity contribution is 6.03. The fraction of sp³-hybridized carbons (Fsp3) is 0.214. The van der Waals surface area contributed by atoms with E-state index < -0.39 is 5.97 Å². The molecule has 0 radical (unpaired) electrons. The summed E-state index contributed by atoms with van der Waals surface area (Å²) >= 11 is 0. The molecule has 18 heavy (non-hydrogen) atoms. The molecule has 0 aliphatic heterocycles. The van der Waals surface area contributed by atoms with Gasteiger partial charge in [0.05, 0.1) is 14.2 Å². The van der Waals surface area contributed by atoms with Gasteiger partial charge in [0, 0.05) is 10.8 Å². The van der Waals surface area contributed by atoms with Crippen LogP contribution in [0.4, 0.5) is 0 Å². The topological polar surface area (TPSA) is 55.8 Å². The van der Waals surface area contributed by atoms with Crippen molar-refractivity contribution in [3.8, 4) is 11.5 Å². The average molecular weight is 246 g/mol. The molecule has 0 bridgehead atoms. The zero-order chi connectivity index (χ0) is 13.3. The van der Waals surface area contributed by atoms with E-state index in [0.717, 1.165) is 16.3 Å². The van der Waals surface area contributed by atoms with Crippen LogP contribution >= 0.6 is 0 Å². The monoisotopic (exact) mass is 246 g/mol. The fourth-order valence-electron chi connectivity index (χ4n) is 2.03. The molecule has 4 nitrogen and oxygen atoms in total. The summed E-state index contributed by atoms with van der Waals surface area (Å²) in [6.45, 7) is 1.97. The van der Waals surface area contributed by atoms with E-state index in [2.05, 4.69) is 0 Å². The second kappa shape index (κ2) is 4.56. The first-order valence-electron chi connectivity index (χ1n) is 5.47. The minimum Gasteiger partial charge on any atom is -0.496 e. The van der Waals surface area contributed by atoms with Crippen LogP contribution in [0.3, 0.4) is 0 Å². The molecule has 2 aromatic carbocycles. The lowest BCUT2D eigenvalue weighted by Gasteiger charge is -2.13. The number of fused-ring (bicyclic) bond motifs is 1. The Balaban J connectivity index is 2.91. The van der Waals surface area contributed by atoms with Crippen molar-refractivity contribution < 1.29 is 19.4 Å². The van der Waals surface area contributed by atoms with Crippen molar-refractivity contribution in [3.05, 3.63) is 35.4 Å². The molecule has 94 valence electrons. The normalized spacial score (nSPS) is 10.4. The van der Waals surface area contributed by atoms with E-state index in [4.69, 9.17) is 9.47 Å². The average Bonchev–Trinajstić information content (AvgIpc) is 2.36. The molecule has 2 rings (SSSR count). The van der Waals surface area contributed by atoms with Gasteiger partial charge in [0.25, 0.3) is 0 Å². The number of aryl methyl sites for hydroxylation is 1. The largest absolute Gasteiger partial charge is 0.496 e. The Morgan fingerprint density at radius 3 is 2.39 bits per heavy atom. The highest BCUT2D eigenvalue weighted by Crippen LogP contribution is 2.37. The Labute approximate surface area is 105 Å². The van der Waals surface area contributed by atoms with Crippen LogP contribution in [0.25, 0.3) is 10.8 Å². The molecule has 0 atom stereocenters. The van der Waals surface area contributed by atoms with Crippen LogP contribution in [0.15, 0.2) is 24.3 Å². The number of carbonyl (C=O) groups is 1. The number of hydrogen-bond acceptors (Lipinski definition) is 3. The molecule has 4 heteroatoms. The number of rotatable bonds is 3. The first-order chi connectivity index (χ1) is 8.58. The first kappa shape index (κ1) is 12.2. The zero-order valence-corrected chi connectivity index (χ0v) is 10.5. The summed E-state index contributed by atoms with van der Waals surface area (Å²) in [5.74, 6) is -0.141. The molecule has 0 aliphatic rings. The van der Waals surface area contributed by atoms with Crippen LogP contribution in [0.1, 0.15) is 15.9 Å². The van der Waals surface area contributed by atoms with E-state index in [1.807, 2.05) is 25.1 Å². The molecule has 0 saturated carbocycles. The molecular formula is C14H14O4. The van der Waals surface area contributed by atoms with Gasteiger partial charge in [-0.3, -0.25) is 0 Å². The van der Waals surface area contributed by atoms with Gasteiger partial charge in [0.15, 0.2) is 0 Å². The fourth-order valence-corrected chi connectivity index (χ4v) is 2.03. The number of methoxy groups -OCH3 is 2. The van der Waals surface area contributed by atoms with E-state index in [1.165, 1.54) is 20.3 Å². The predicted octanol–water partition coefficient (Wildman–Crippen LogP) is 2.86. The molecule has 0 amide bonds. The number of aromatic carboxylic acids is 1. The van der Waals surface area contributed by atoms with Gasteiger partial charge in [0.2, 0.25) is 0 Å². The highest BCUT2D eigenvalue weighted by Gasteiger charge is 2.18. The van der Waals surface area contributed by atoms with Crippen molar-refractivity contribution in [2.75, 3.05) is 14.2 Å². The number of benzene rings is 2. The summed E-state index contributed by atoms with van der Waals surface area (Å²) < 4.78 is 10.5. The number of ether oxygens (including phenoxy) is 2. The van der Waals surface area contributed by atoms with Gasteiger partial charge in [0.1, 0.15) is 17.1 Å². The van der Waals surface area contributed by atoms with Crippen LogP contribution in [-0.4, -0.2) is 25.3 Å². The Kier molecular flexibility index (Phi) is 3.10. The maximum absolute atomic E-state index is 11.2.